The lowest BCUT2D eigenvalue weighted by Gasteiger charge is -2.42. The fourth-order valence-electron chi connectivity index (χ4n) is 3.70. The van der Waals surface area contributed by atoms with Gasteiger partial charge in [0.1, 0.15) is 5.60 Å². The molecule has 2 N–H and O–H groups in total. The molecule has 1 aliphatic carbocycles. The van der Waals surface area contributed by atoms with Crippen LogP contribution in [0.25, 0.3) is 0 Å². The highest BCUT2D eigenvalue weighted by atomic mass is 35.5. The van der Waals surface area contributed by atoms with Crippen LogP contribution in [-0.4, -0.2) is 47.9 Å². The largest absolute Gasteiger partial charge is 0.481 e. The van der Waals surface area contributed by atoms with Gasteiger partial charge < -0.3 is 19.9 Å². The number of carbonyl (C=O) groups is 2. The first-order valence-corrected chi connectivity index (χ1v) is 8.94. The van der Waals surface area contributed by atoms with Crippen molar-refractivity contribution in [2.45, 2.75) is 77.6 Å². The quantitative estimate of drug-likeness (QED) is 0.733. The minimum Gasteiger partial charge on any atom is -0.481 e. The molecule has 146 valence electrons. The minimum atomic E-state index is -1.14. The third-order valence-corrected chi connectivity index (χ3v) is 5.05. The van der Waals surface area contributed by atoms with Crippen LogP contribution >= 0.6 is 12.4 Å². The van der Waals surface area contributed by atoms with E-state index in [0.29, 0.717) is 19.3 Å². The molecule has 0 spiro atoms. The fraction of sp³-hybridized carbons (Fsp3) is 0.889. The van der Waals surface area contributed by atoms with Crippen molar-refractivity contribution >= 4 is 24.3 Å². The van der Waals surface area contributed by atoms with Gasteiger partial charge in [0.15, 0.2) is 0 Å². The van der Waals surface area contributed by atoms with Gasteiger partial charge in [-0.1, -0.05) is 0 Å². The maximum atomic E-state index is 12.5. The van der Waals surface area contributed by atoms with Gasteiger partial charge in [0, 0.05) is 0 Å². The van der Waals surface area contributed by atoms with E-state index in [-0.39, 0.29) is 24.6 Å². The zero-order valence-corrected chi connectivity index (χ0v) is 16.5. The maximum Gasteiger partial charge on any atom is 0.310 e. The molecule has 0 radical (unpaired) electrons. The van der Waals surface area contributed by atoms with E-state index >= 15 is 0 Å². The summed E-state index contributed by atoms with van der Waals surface area (Å²) in [7, 11) is 0. The standard InChI is InChI=1S/C18H31NO5.ClH/c1-17(2,3)24-15(20)14-6-5-13(11-18(14,4)16(21)22)23-12-7-9-19-10-8-12;/h12-14,19H,5-11H2,1-4H3,(H,21,22);1H/t13-,14-,18+;/m1./s1. The molecule has 0 aromatic heterocycles. The third kappa shape index (κ3) is 5.83. The van der Waals surface area contributed by atoms with Crippen molar-refractivity contribution in [1.82, 2.24) is 5.32 Å². The molecular formula is C18H32ClNO5. The number of carboxylic acids is 1. The number of carboxylic acid groups (broad SMARTS) is 1. The van der Waals surface area contributed by atoms with Crippen LogP contribution < -0.4 is 5.32 Å². The van der Waals surface area contributed by atoms with E-state index in [1.54, 1.807) is 27.7 Å². The maximum absolute atomic E-state index is 12.5. The van der Waals surface area contributed by atoms with Crippen LogP contribution in [0.5, 0.6) is 0 Å². The summed E-state index contributed by atoms with van der Waals surface area (Å²) in [5.74, 6) is -1.98. The van der Waals surface area contributed by atoms with Gasteiger partial charge in [-0.2, -0.15) is 0 Å². The van der Waals surface area contributed by atoms with Crippen LogP contribution in [-0.2, 0) is 19.1 Å². The summed E-state index contributed by atoms with van der Waals surface area (Å²) < 4.78 is 11.6. The fourth-order valence-corrected chi connectivity index (χ4v) is 3.70. The SMILES string of the molecule is CC(C)(C)OC(=O)[C@H]1CC[C@@H](OC2CCNCC2)C[C@]1(C)C(=O)O.Cl. The number of nitrogens with one attached hydrogen (secondary N) is 1. The number of esters is 1. The first kappa shape index (κ1) is 22.2. The normalized spacial score (nSPS) is 31.0. The summed E-state index contributed by atoms with van der Waals surface area (Å²) in [4.78, 5) is 24.4. The Morgan fingerprint density at radius 1 is 1.08 bits per heavy atom. The monoisotopic (exact) mass is 377 g/mol. The van der Waals surface area contributed by atoms with E-state index < -0.39 is 28.9 Å². The second kappa shape index (κ2) is 8.69. The van der Waals surface area contributed by atoms with Gasteiger partial charge in [0.25, 0.3) is 0 Å². The van der Waals surface area contributed by atoms with Crippen molar-refractivity contribution in [2.75, 3.05) is 13.1 Å². The summed E-state index contributed by atoms with van der Waals surface area (Å²) >= 11 is 0. The Bertz CT molecular complexity index is 473. The van der Waals surface area contributed by atoms with Crippen LogP contribution in [0, 0.1) is 11.3 Å². The Morgan fingerprint density at radius 2 is 1.68 bits per heavy atom. The van der Waals surface area contributed by atoms with Crippen LogP contribution in [0.3, 0.4) is 0 Å². The second-order valence-electron chi connectivity index (χ2n) is 8.30. The Kier molecular flexibility index (Phi) is 7.71. The molecule has 1 saturated heterocycles. The number of piperidine rings is 1. The Morgan fingerprint density at radius 3 is 2.20 bits per heavy atom. The molecule has 1 saturated carbocycles. The number of carbonyl (C=O) groups excluding carboxylic acids is 1. The smallest absolute Gasteiger partial charge is 0.310 e. The first-order chi connectivity index (χ1) is 11.1. The lowest BCUT2D eigenvalue weighted by Crippen LogP contribution is -2.49. The molecule has 0 bridgehead atoms. The predicted octanol–water partition coefficient (Wildman–Crippen LogP) is 2.78. The number of hydrogen-bond acceptors (Lipinski definition) is 5. The summed E-state index contributed by atoms with van der Waals surface area (Å²) in [5.41, 5.74) is -1.75. The Hall–Kier alpha value is -0.850. The van der Waals surface area contributed by atoms with Gasteiger partial charge in [-0.3, -0.25) is 9.59 Å². The summed E-state index contributed by atoms with van der Waals surface area (Å²) in [5, 5.41) is 13.1. The topological polar surface area (TPSA) is 84.9 Å². The number of hydrogen-bond donors (Lipinski definition) is 2. The zero-order chi connectivity index (χ0) is 18.0. The highest BCUT2D eigenvalue weighted by Crippen LogP contribution is 2.44. The minimum absolute atomic E-state index is 0. The molecule has 0 aromatic carbocycles. The average Bonchev–Trinajstić information content (AvgIpc) is 2.46. The van der Waals surface area contributed by atoms with E-state index in [1.165, 1.54) is 0 Å². The molecule has 25 heavy (non-hydrogen) atoms. The van der Waals surface area contributed by atoms with Crippen LogP contribution in [0.15, 0.2) is 0 Å². The number of aliphatic carboxylic acids is 1. The van der Waals surface area contributed by atoms with E-state index in [0.717, 1.165) is 25.9 Å². The van der Waals surface area contributed by atoms with E-state index in [4.69, 9.17) is 9.47 Å². The molecular weight excluding hydrogens is 346 g/mol. The molecule has 6 nitrogen and oxygen atoms in total. The lowest BCUT2D eigenvalue weighted by atomic mass is 9.66. The third-order valence-electron chi connectivity index (χ3n) is 5.05. The molecule has 1 aliphatic heterocycles. The van der Waals surface area contributed by atoms with Gasteiger partial charge in [-0.25, -0.2) is 0 Å². The van der Waals surface area contributed by atoms with Gasteiger partial charge in [-0.15, -0.1) is 12.4 Å². The van der Waals surface area contributed by atoms with Gasteiger partial charge in [-0.05, 0) is 72.9 Å². The van der Waals surface area contributed by atoms with Crippen molar-refractivity contribution in [1.29, 1.82) is 0 Å². The first-order valence-electron chi connectivity index (χ1n) is 8.94. The highest BCUT2D eigenvalue weighted by Gasteiger charge is 2.51. The Balaban J connectivity index is 0.00000312. The van der Waals surface area contributed by atoms with Crippen molar-refractivity contribution in [3.05, 3.63) is 0 Å². The molecule has 2 fully saturated rings. The molecule has 3 atom stereocenters. The molecule has 0 aromatic rings. The van der Waals surface area contributed by atoms with Crippen molar-refractivity contribution < 1.29 is 24.2 Å². The van der Waals surface area contributed by atoms with Crippen molar-refractivity contribution in [3.8, 4) is 0 Å². The molecule has 7 heteroatoms. The average molecular weight is 378 g/mol. The lowest BCUT2D eigenvalue weighted by molar-refractivity contribution is -0.181. The van der Waals surface area contributed by atoms with Crippen LogP contribution in [0.1, 0.15) is 59.8 Å². The zero-order valence-electron chi connectivity index (χ0n) is 15.7. The molecule has 2 aliphatic rings. The number of rotatable bonds is 4. The number of ether oxygens (including phenoxy) is 2. The molecule has 0 unspecified atom stereocenters. The van der Waals surface area contributed by atoms with Crippen molar-refractivity contribution in [2.24, 2.45) is 11.3 Å². The van der Waals surface area contributed by atoms with Crippen molar-refractivity contribution in [3.63, 3.8) is 0 Å². The van der Waals surface area contributed by atoms with Gasteiger partial charge >= 0.3 is 11.9 Å². The highest BCUT2D eigenvalue weighted by molar-refractivity contribution is 5.85. The summed E-state index contributed by atoms with van der Waals surface area (Å²) in [6.07, 6.45) is 3.55. The summed E-state index contributed by atoms with van der Waals surface area (Å²) in [6.45, 7) is 8.93. The molecule has 2 rings (SSSR count). The molecule has 1 heterocycles. The van der Waals surface area contributed by atoms with Gasteiger partial charge in [0.2, 0.25) is 0 Å². The summed E-state index contributed by atoms with van der Waals surface area (Å²) in [6, 6.07) is 0. The van der Waals surface area contributed by atoms with E-state index in [1.807, 2.05) is 0 Å². The second-order valence-corrected chi connectivity index (χ2v) is 8.30. The van der Waals surface area contributed by atoms with E-state index in [9.17, 15) is 14.7 Å². The van der Waals surface area contributed by atoms with Crippen LogP contribution in [0.2, 0.25) is 0 Å². The van der Waals surface area contributed by atoms with Crippen LogP contribution in [0.4, 0.5) is 0 Å². The molecule has 0 amide bonds. The van der Waals surface area contributed by atoms with Gasteiger partial charge in [0.05, 0.1) is 23.5 Å². The number of halogens is 1. The Labute approximate surface area is 156 Å². The van der Waals surface area contributed by atoms with E-state index in [2.05, 4.69) is 5.32 Å². The predicted molar refractivity (Wildman–Crippen MR) is 96.9 cm³/mol.